The highest BCUT2D eigenvalue weighted by Crippen LogP contribution is 2.28. The lowest BCUT2D eigenvalue weighted by Crippen LogP contribution is -2.42. The highest BCUT2D eigenvalue weighted by atomic mass is 35.5. The molecule has 1 atom stereocenters. The van der Waals surface area contributed by atoms with Gasteiger partial charge in [0.05, 0.1) is 20.5 Å². The zero-order valence-electron chi connectivity index (χ0n) is 20.7. The maximum Gasteiger partial charge on any atom is 0.326 e. The van der Waals surface area contributed by atoms with Crippen LogP contribution < -0.4 is 10.0 Å². The van der Waals surface area contributed by atoms with Crippen molar-refractivity contribution in [2.45, 2.75) is 17.4 Å². The van der Waals surface area contributed by atoms with Crippen molar-refractivity contribution < 1.29 is 27.9 Å². The molecule has 0 heterocycles. The van der Waals surface area contributed by atoms with E-state index >= 15 is 0 Å². The molecule has 3 N–H and O–H groups in total. The molecule has 2 amide bonds. The normalized spacial score (nSPS) is 11.8. The molecular formula is C29H22Cl2N2O6S. The van der Waals surface area contributed by atoms with Crippen LogP contribution >= 0.6 is 23.2 Å². The first-order chi connectivity index (χ1) is 19.1. The van der Waals surface area contributed by atoms with Gasteiger partial charge < -0.3 is 10.4 Å². The van der Waals surface area contributed by atoms with E-state index in [2.05, 4.69) is 10.0 Å². The van der Waals surface area contributed by atoms with Gasteiger partial charge in [-0.1, -0.05) is 89.9 Å². The third kappa shape index (κ3) is 6.69. The van der Waals surface area contributed by atoms with Crippen LogP contribution in [-0.2, 0) is 21.2 Å². The molecule has 0 saturated heterocycles. The van der Waals surface area contributed by atoms with Gasteiger partial charge in [0.25, 0.3) is 21.8 Å². The number of rotatable bonds is 9. The van der Waals surface area contributed by atoms with E-state index in [0.717, 1.165) is 0 Å². The number of amides is 2. The van der Waals surface area contributed by atoms with Gasteiger partial charge in [0.1, 0.15) is 6.04 Å². The number of hydrogen-bond donors (Lipinski definition) is 3. The molecule has 4 rings (SSSR count). The zero-order valence-corrected chi connectivity index (χ0v) is 23.0. The minimum absolute atomic E-state index is 0.0235. The number of benzene rings is 4. The second-order valence-electron chi connectivity index (χ2n) is 8.66. The summed E-state index contributed by atoms with van der Waals surface area (Å²) in [6.07, 6.45) is -0.0590. The molecule has 0 fully saturated rings. The lowest BCUT2D eigenvalue weighted by molar-refractivity contribution is -0.139. The molecule has 0 spiro atoms. The first kappa shape index (κ1) is 28.8. The number of hydrogen-bond acceptors (Lipinski definition) is 5. The monoisotopic (exact) mass is 596 g/mol. The van der Waals surface area contributed by atoms with Crippen molar-refractivity contribution in [1.82, 2.24) is 10.0 Å². The summed E-state index contributed by atoms with van der Waals surface area (Å²) in [5.74, 6) is -2.74. The van der Waals surface area contributed by atoms with Gasteiger partial charge in [0, 0.05) is 17.5 Å². The lowest BCUT2D eigenvalue weighted by Gasteiger charge is -2.16. The molecule has 40 heavy (non-hydrogen) atoms. The molecule has 0 saturated carbocycles. The van der Waals surface area contributed by atoms with Gasteiger partial charge in [-0.05, 0) is 41.5 Å². The Morgan fingerprint density at radius 2 is 1.35 bits per heavy atom. The predicted octanol–water partition coefficient (Wildman–Crippen LogP) is 5.20. The fourth-order valence-corrected chi connectivity index (χ4v) is 5.74. The van der Waals surface area contributed by atoms with Crippen LogP contribution in [0.5, 0.6) is 0 Å². The number of sulfonamides is 1. The fourth-order valence-electron chi connectivity index (χ4n) is 3.97. The minimum Gasteiger partial charge on any atom is -0.480 e. The molecule has 0 radical (unpaired) electrons. The van der Waals surface area contributed by atoms with Gasteiger partial charge in [-0.2, -0.15) is 0 Å². The van der Waals surface area contributed by atoms with E-state index in [-0.39, 0.29) is 32.5 Å². The van der Waals surface area contributed by atoms with Gasteiger partial charge in [0.2, 0.25) is 0 Å². The van der Waals surface area contributed by atoms with Gasteiger partial charge in [-0.15, -0.1) is 0 Å². The Labute approximate surface area is 240 Å². The number of carbonyl (C=O) groups is 3. The minimum atomic E-state index is -4.22. The van der Waals surface area contributed by atoms with Crippen molar-refractivity contribution in [2.75, 3.05) is 0 Å². The van der Waals surface area contributed by atoms with Gasteiger partial charge >= 0.3 is 5.97 Å². The Hall–Kier alpha value is -4.18. The van der Waals surface area contributed by atoms with Crippen molar-refractivity contribution in [3.05, 3.63) is 124 Å². The van der Waals surface area contributed by atoms with Crippen molar-refractivity contribution in [1.29, 1.82) is 0 Å². The van der Waals surface area contributed by atoms with Crippen LogP contribution in [0.25, 0.3) is 11.1 Å². The van der Waals surface area contributed by atoms with Crippen LogP contribution in [0, 0.1) is 0 Å². The molecule has 0 bridgehead atoms. The molecule has 4 aromatic carbocycles. The number of carboxylic acids is 1. The molecule has 0 aliphatic heterocycles. The van der Waals surface area contributed by atoms with Crippen molar-refractivity contribution in [2.24, 2.45) is 0 Å². The van der Waals surface area contributed by atoms with Crippen LogP contribution in [0.1, 0.15) is 26.3 Å². The summed E-state index contributed by atoms with van der Waals surface area (Å²) in [6.45, 7) is 0. The van der Waals surface area contributed by atoms with Gasteiger partial charge in [-0.25, -0.2) is 17.9 Å². The van der Waals surface area contributed by atoms with Crippen LogP contribution in [-0.4, -0.2) is 37.3 Å². The molecule has 8 nitrogen and oxygen atoms in total. The van der Waals surface area contributed by atoms with Crippen molar-refractivity contribution in [3.8, 4) is 11.1 Å². The Morgan fingerprint density at radius 3 is 1.98 bits per heavy atom. The third-order valence-electron chi connectivity index (χ3n) is 5.94. The first-order valence-corrected chi connectivity index (χ1v) is 14.1. The molecule has 0 aromatic heterocycles. The summed E-state index contributed by atoms with van der Waals surface area (Å²) < 4.78 is 28.3. The Balaban J connectivity index is 1.54. The maximum absolute atomic E-state index is 13.1. The Bertz CT molecular complexity index is 1660. The van der Waals surface area contributed by atoms with E-state index < -0.39 is 33.8 Å². The van der Waals surface area contributed by atoms with E-state index in [1.165, 1.54) is 30.3 Å². The smallest absolute Gasteiger partial charge is 0.326 e. The van der Waals surface area contributed by atoms with E-state index in [9.17, 15) is 27.9 Å². The standard InChI is InChI=1S/C29H22Cl2N2O6S/c30-22-10-6-11-23(31)26(22)28(35)32-24(29(36)37)17-18-13-15-19(16-14-18)21-9-4-5-12-25(21)40(38,39)33-27(34)20-7-2-1-3-8-20/h1-16,24H,17H2,(H,32,35)(H,33,34)(H,36,37)/t24-/m0/s1. The van der Waals surface area contributed by atoms with Crippen molar-refractivity contribution in [3.63, 3.8) is 0 Å². The number of nitrogens with one attached hydrogen (secondary N) is 2. The zero-order chi connectivity index (χ0) is 28.9. The summed E-state index contributed by atoms with van der Waals surface area (Å²) in [4.78, 5) is 37.0. The van der Waals surface area contributed by atoms with Crippen LogP contribution in [0.3, 0.4) is 0 Å². The molecule has 4 aromatic rings. The highest BCUT2D eigenvalue weighted by Gasteiger charge is 2.25. The predicted molar refractivity (Wildman–Crippen MR) is 152 cm³/mol. The van der Waals surface area contributed by atoms with Crippen LogP contribution in [0.15, 0.2) is 102 Å². The van der Waals surface area contributed by atoms with Gasteiger partial charge in [-0.3, -0.25) is 9.59 Å². The Kier molecular flexibility index (Phi) is 8.89. The molecule has 0 unspecified atom stereocenters. The van der Waals surface area contributed by atoms with E-state index in [1.807, 2.05) is 0 Å². The topological polar surface area (TPSA) is 130 Å². The second-order valence-corrected chi connectivity index (χ2v) is 11.1. The number of aliphatic carboxylic acids is 1. The molecule has 11 heteroatoms. The van der Waals surface area contributed by atoms with Crippen LogP contribution in [0.4, 0.5) is 0 Å². The first-order valence-electron chi connectivity index (χ1n) is 11.8. The molecular weight excluding hydrogens is 575 g/mol. The quantitative estimate of drug-likeness (QED) is 0.243. The number of carboxylic acid groups (broad SMARTS) is 1. The highest BCUT2D eigenvalue weighted by molar-refractivity contribution is 7.90. The van der Waals surface area contributed by atoms with Crippen LogP contribution in [0.2, 0.25) is 10.0 Å². The fraction of sp³-hybridized carbons (Fsp3) is 0.0690. The summed E-state index contributed by atoms with van der Waals surface area (Å²) in [5.41, 5.74) is 1.61. The third-order valence-corrected chi connectivity index (χ3v) is 7.96. The summed E-state index contributed by atoms with van der Waals surface area (Å²) >= 11 is 12.1. The molecule has 0 aliphatic carbocycles. The average molecular weight is 597 g/mol. The van der Waals surface area contributed by atoms with E-state index in [0.29, 0.717) is 16.7 Å². The largest absolute Gasteiger partial charge is 0.480 e. The Morgan fingerprint density at radius 1 is 0.750 bits per heavy atom. The SMILES string of the molecule is O=C(NS(=O)(=O)c1ccccc1-c1ccc(C[C@H](NC(=O)c2c(Cl)cccc2Cl)C(=O)O)cc1)c1ccccc1. The van der Waals surface area contributed by atoms with Gasteiger partial charge in [0.15, 0.2) is 0 Å². The molecule has 0 aliphatic rings. The maximum atomic E-state index is 13.1. The summed E-state index contributed by atoms with van der Waals surface area (Å²) in [7, 11) is -4.22. The summed E-state index contributed by atoms with van der Waals surface area (Å²) in [6, 6.07) is 23.9. The molecule has 204 valence electrons. The second kappa shape index (κ2) is 12.3. The number of carbonyl (C=O) groups excluding carboxylic acids is 2. The number of halogens is 2. The van der Waals surface area contributed by atoms with E-state index in [1.54, 1.807) is 66.7 Å². The average Bonchev–Trinajstić information content (AvgIpc) is 2.93. The van der Waals surface area contributed by atoms with E-state index in [4.69, 9.17) is 23.2 Å². The summed E-state index contributed by atoms with van der Waals surface area (Å²) in [5, 5.41) is 12.3. The van der Waals surface area contributed by atoms with Crippen molar-refractivity contribution >= 4 is 51.0 Å². The lowest BCUT2D eigenvalue weighted by atomic mass is 10.0.